The summed E-state index contributed by atoms with van der Waals surface area (Å²) in [5.74, 6) is -0.502. The van der Waals surface area contributed by atoms with Crippen LogP contribution in [-0.2, 0) is 15.7 Å². The standard InChI is InChI=1S/C30H27F3N4O3S/c1-28(2,3)40-26(39)35-21-11-6-18(7-12-21)19-8-13-22(14-9-19)37-27(41)36(25(38)29(37,4)5)23-15-10-20(17-34)24(16-23)30(31,32)33/h6-16H,1-5H3,(H,35,39). The molecule has 0 spiro atoms. The van der Waals surface area contributed by atoms with Crippen molar-refractivity contribution in [2.24, 2.45) is 0 Å². The van der Waals surface area contributed by atoms with Crippen LogP contribution in [0.2, 0.25) is 0 Å². The number of halogens is 3. The number of carbonyl (C=O) groups is 2. The second-order valence-electron chi connectivity index (χ2n) is 10.9. The van der Waals surface area contributed by atoms with Crippen molar-refractivity contribution in [3.8, 4) is 17.2 Å². The third-order valence-electron chi connectivity index (χ3n) is 6.34. The maximum Gasteiger partial charge on any atom is 0.417 e. The number of rotatable bonds is 4. The molecule has 0 unspecified atom stereocenters. The highest BCUT2D eigenvalue weighted by Gasteiger charge is 2.50. The lowest BCUT2D eigenvalue weighted by Crippen LogP contribution is -2.44. The van der Waals surface area contributed by atoms with Crippen molar-refractivity contribution in [2.75, 3.05) is 15.1 Å². The Morgan fingerprint density at radius 2 is 1.49 bits per heavy atom. The predicted molar refractivity (Wildman–Crippen MR) is 155 cm³/mol. The Bertz CT molecular complexity index is 1550. The molecular formula is C30H27F3N4O3S. The molecule has 41 heavy (non-hydrogen) atoms. The maximum atomic E-state index is 13.6. The molecule has 3 aromatic carbocycles. The quantitative estimate of drug-likeness (QED) is 0.322. The van der Waals surface area contributed by atoms with Gasteiger partial charge in [0.15, 0.2) is 5.11 Å². The highest BCUT2D eigenvalue weighted by Crippen LogP contribution is 2.40. The molecule has 7 nitrogen and oxygen atoms in total. The normalized spacial score (nSPS) is 15.1. The van der Waals surface area contributed by atoms with Gasteiger partial charge in [-0.1, -0.05) is 24.3 Å². The Morgan fingerprint density at radius 1 is 0.951 bits per heavy atom. The monoisotopic (exact) mass is 580 g/mol. The first-order valence-corrected chi connectivity index (χ1v) is 12.9. The fourth-order valence-electron chi connectivity index (χ4n) is 4.43. The van der Waals surface area contributed by atoms with E-state index in [-0.39, 0.29) is 10.8 Å². The van der Waals surface area contributed by atoms with Crippen molar-refractivity contribution in [3.05, 3.63) is 77.9 Å². The topological polar surface area (TPSA) is 85.7 Å². The smallest absolute Gasteiger partial charge is 0.417 e. The third kappa shape index (κ3) is 6.02. The molecule has 1 saturated heterocycles. The van der Waals surface area contributed by atoms with E-state index in [2.05, 4.69) is 5.32 Å². The SMILES string of the molecule is CC(C)(C)OC(=O)Nc1ccc(-c2ccc(N3C(=S)N(c4ccc(C#N)c(C(F)(F)F)c4)C(=O)C3(C)C)cc2)cc1. The molecule has 0 aliphatic carbocycles. The lowest BCUT2D eigenvalue weighted by atomic mass is 10.0. The molecule has 0 saturated carbocycles. The van der Waals surface area contributed by atoms with Crippen molar-refractivity contribution in [1.82, 2.24) is 0 Å². The van der Waals surface area contributed by atoms with Gasteiger partial charge in [-0.2, -0.15) is 18.4 Å². The van der Waals surface area contributed by atoms with Gasteiger partial charge in [-0.3, -0.25) is 15.0 Å². The Labute approximate surface area is 241 Å². The summed E-state index contributed by atoms with van der Waals surface area (Å²) in [4.78, 5) is 28.1. The summed E-state index contributed by atoms with van der Waals surface area (Å²) in [5.41, 5.74) is -0.701. The molecule has 2 amide bonds. The van der Waals surface area contributed by atoms with Gasteiger partial charge in [0.1, 0.15) is 11.1 Å². The van der Waals surface area contributed by atoms with Crippen LogP contribution in [-0.4, -0.2) is 28.3 Å². The fraction of sp³-hybridized carbons (Fsp3) is 0.267. The van der Waals surface area contributed by atoms with Gasteiger partial charge >= 0.3 is 12.3 Å². The summed E-state index contributed by atoms with van der Waals surface area (Å²) in [5, 5.41) is 11.8. The Morgan fingerprint density at radius 3 is 2.00 bits per heavy atom. The van der Waals surface area contributed by atoms with Gasteiger partial charge in [-0.05, 0) is 100 Å². The van der Waals surface area contributed by atoms with Gasteiger partial charge in [0.05, 0.1) is 22.9 Å². The zero-order valence-corrected chi connectivity index (χ0v) is 23.8. The minimum atomic E-state index is -4.78. The molecule has 0 aromatic heterocycles. The van der Waals surface area contributed by atoms with E-state index in [4.69, 9.17) is 22.2 Å². The first-order chi connectivity index (χ1) is 19.0. The van der Waals surface area contributed by atoms with Gasteiger partial charge in [-0.25, -0.2) is 4.79 Å². The molecule has 1 heterocycles. The number of nitrogens with one attached hydrogen (secondary N) is 1. The average Bonchev–Trinajstić information content (AvgIpc) is 3.05. The number of hydrogen-bond acceptors (Lipinski definition) is 5. The molecular weight excluding hydrogens is 553 g/mol. The van der Waals surface area contributed by atoms with E-state index >= 15 is 0 Å². The number of nitriles is 1. The number of nitrogens with zero attached hydrogens (tertiary/aromatic N) is 3. The molecule has 1 fully saturated rings. The highest BCUT2D eigenvalue weighted by atomic mass is 32.1. The van der Waals surface area contributed by atoms with Crippen molar-refractivity contribution in [2.45, 2.75) is 51.9 Å². The van der Waals surface area contributed by atoms with Gasteiger partial charge in [0.25, 0.3) is 5.91 Å². The van der Waals surface area contributed by atoms with Gasteiger partial charge in [0.2, 0.25) is 0 Å². The summed E-state index contributed by atoms with van der Waals surface area (Å²) < 4.78 is 46.0. The zero-order chi connectivity index (χ0) is 30.3. The first kappa shape index (κ1) is 29.6. The number of ether oxygens (including phenoxy) is 1. The molecule has 0 atom stereocenters. The van der Waals surface area contributed by atoms with Crippen LogP contribution in [0.15, 0.2) is 66.7 Å². The van der Waals surface area contributed by atoms with Crippen molar-refractivity contribution >= 4 is 46.4 Å². The van der Waals surface area contributed by atoms with Gasteiger partial charge in [0, 0.05) is 11.4 Å². The molecule has 1 aliphatic heterocycles. The number of benzene rings is 3. The number of alkyl halides is 3. The van der Waals surface area contributed by atoms with Crippen LogP contribution >= 0.6 is 12.2 Å². The van der Waals surface area contributed by atoms with Crippen molar-refractivity contribution < 1.29 is 27.5 Å². The van der Waals surface area contributed by atoms with Gasteiger partial charge in [-0.15, -0.1) is 0 Å². The van der Waals surface area contributed by atoms with Crippen LogP contribution in [0.3, 0.4) is 0 Å². The molecule has 4 rings (SSSR count). The molecule has 0 radical (unpaired) electrons. The zero-order valence-electron chi connectivity index (χ0n) is 23.0. The van der Waals surface area contributed by atoms with E-state index in [0.29, 0.717) is 11.4 Å². The van der Waals surface area contributed by atoms with E-state index < -0.39 is 40.4 Å². The lowest BCUT2D eigenvalue weighted by Gasteiger charge is -2.29. The van der Waals surface area contributed by atoms with Crippen LogP contribution in [0, 0.1) is 11.3 Å². The van der Waals surface area contributed by atoms with Crippen LogP contribution in [0.25, 0.3) is 11.1 Å². The lowest BCUT2D eigenvalue weighted by molar-refractivity contribution is -0.137. The Kier molecular flexibility index (Phi) is 7.58. The number of carbonyl (C=O) groups excluding carboxylic acids is 2. The minimum absolute atomic E-state index is 0.0168. The summed E-state index contributed by atoms with van der Waals surface area (Å²) >= 11 is 5.60. The van der Waals surface area contributed by atoms with Crippen molar-refractivity contribution in [3.63, 3.8) is 0 Å². The molecule has 212 valence electrons. The first-order valence-electron chi connectivity index (χ1n) is 12.5. The number of anilines is 3. The van der Waals surface area contributed by atoms with E-state index in [1.807, 2.05) is 24.3 Å². The third-order valence-corrected chi connectivity index (χ3v) is 6.71. The summed E-state index contributed by atoms with van der Waals surface area (Å²) in [6, 6.07) is 19.0. The summed E-state index contributed by atoms with van der Waals surface area (Å²) in [7, 11) is 0. The molecule has 1 aliphatic rings. The largest absolute Gasteiger partial charge is 0.444 e. The van der Waals surface area contributed by atoms with Crippen molar-refractivity contribution in [1.29, 1.82) is 5.26 Å². The summed E-state index contributed by atoms with van der Waals surface area (Å²) in [6.45, 7) is 8.61. The fourth-order valence-corrected chi connectivity index (χ4v) is 4.95. The maximum absolute atomic E-state index is 13.6. The molecule has 11 heteroatoms. The minimum Gasteiger partial charge on any atom is -0.444 e. The predicted octanol–water partition coefficient (Wildman–Crippen LogP) is 7.51. The van der Waals surface area contributed by atoms with Crippen LogP contribution in [0.1, 0.15) is 45.7 Å². The number of hydrogen-bond donors (Lipinski definition) is 1. The van der Waals surface area contributed by atoms with E-state index in [0.717, 1.165) is 28.2 Å². The molecule has 1 N–H and O–H groups in total. The Balaban J connectivity index is 1.58. The Hall–Kier alpha value is -4.43. The number of amides is 2. The van der Waals surface area contributed by atoms with E-state index in [9.17, 15) is 22.8 Å². The van der Waals surface area contributed by atoms with E-state index in [1.165, 1.54) is 6.07 Å². The second-order valence-corrected chi connectivity index (χ2v) is 11.3. The number of thiocarbonyl (C=S) groups is 1. The average molecular weight is 581 g/mol. The molecule has 0 bridgehead atoms. The highest BCUT2D eigenvalue weighted by molar-refractivity contribution is 7.81. The molecule has 3 aromatic rings. The van der Waals surface area contributed by atoms with Gasteiger partial charge < -0.3 is 9.64 Å². The van der Waals surface area contributed by atoms with E-state index in [1.54, 1.807) is 69.9 Å². The van der Waals surface area contributed by atoms with Crippen LogP contribution in [0.5, 0.6) is 0 Å². The van der Waals surface area contributed by atoms with Crippen LogP contribution < -0.4 is 15.1 Å². The van der Waals surface area contributed by atoms with Crippen LogP contribution in [0.4, 0.5) is 35.0 Å². The second kappa shape index (κ2) is 10.5. The summed E-state index contributed by atoms with van der Waals surface area (Å²) in [6.07, 6.45) is -5.33.